The molecule has 1 unspecified atom stereocenters. The van der Waals surface area contributed by atoms with Crippen molar-refractivity contribution in [2.24, 2.45) is 11.8 Å². The Balaban J connectivity index is 1.53. The molecule has 11 heteroatoms. The van der Waals surface area contributed by atoms with Crippen molar-refractivity contribution in [2.45, 2.75) is 64.2 Å². The van der Waals surface area contributed by atoms with E-state index in [0.29, 0.717) is 23.2 Å². The molecule has 3 aromatic rings. The van der Waals surface area contributed by atoms with Gasteiger partial charge in [-0.15, -0.1) is 5.48 Å². The summed E-state index contributed by atoms with van der Waals surface area (Å²) in [5.41, 5.74) is 6.64. The highest BCUT2D eigenvalue weighted by atomic mass is 35.5. The second kappa shape index (κ2) is 10.7. The van der Waals surface area contributed by atoms with Crippen molar-refractivity contribution in [3.05, 3.63) is 35.2 Å². The fourth-order valence-corrected chi connectivity index (χ4v) is 6.28. The summed E-state index contributed by atoms with van der Waals surface area (Å²) < 4.78 is 7.95. The molecule has 3 fully saturated rings. The highest BCUT2D eigenvalue weighted by Crippen LogP contribution is 2.38. The van der Waals surface area contributed by atoms with Gasteiger partial charge in [0.25, 0.3) is 0 Å². The molecule has 0 spiro atoms. The zero-order chi connectivity index (χ0) is 26.2. The first-order valence-electron chi connectivity index (χ1n) is 13.5. The highest BCUT2D eigenvalue weighted by molar-refractivity contribution is 6.30. The van der Waals surface area contributed by atoms with Crippen LogP contribution in [0.2, 0.25) is 5.02 Å². The minimum Gasteiger partial charge on any atom is -0.383 e. The zero-order valence-electron chi connectivity index (χ0n) is 21.8. The summed E-state index contributed by atoms with van der Waals surface area (Å²) in [6.45, 7) is 4.82. The molecule has 3 aliphatic rings. The predicted octanol–water partition coefficient (Wildman–Crippen LogP) is 4.83. The number of carbonyl (C=O) groups excluding carboxylic acids is 1. The molecular weight excluding hydrogens is 506 g/mol. The number of imidazole rings is 1. The number of carbonyl (C=O) groups is 1. The third-order valence-electron chi connectivity index (χ3n) is 8.10. The van der Waals surface area contributed by atoms with Crippen molar-refractivity contribution < 1.29 is 14.4 Å². The number of fused-ring (bicyclic) bond motifs is 1. The molecule has 6 rings (SSSR count). The molecule has 2 N–H and O–H groups in total. The SMILES string of the molecule is COC[C@@H]1CCCN1c1nc2cc(C3NOC(=O)N3)nc(-c3cncc(Cl)c3)c2n1CC1CCC(C)CC1. The van der Waals surface area contributed by atoms with E-state index in [0.717, 1.165) is 60.1 Å². The number of nitrogens with one attached hydrogen (secondary N) is 2. The predicted molar refractivity (Wildman–Crippen MR) is 145 cm³/mol. The number of hydrogen-bond donors (Lipinski definition) is 2. The molecule has 3 aromatic heterocycles. The van der Waals surface area contributed by atoms with Crippen LogP contribution in [0.3, 0.4) is 0 Å². The Kier molecular flexibility index (Phi) is 7.11. The summed E-state index contributed by atoms with van der Waals surface area (Å²) in [6, 6.07) is 4.09. The number of anilines is 1. The van der Waals surface area contributed by atoms with Crippen LogP contribution in [0.25, 0.3) is 22.3 Å². The number of hydroxylamine groups is 1. The molecule has 1 aliphatic carbocycles. The van der Waals surface area contributed by atoms with Crippen LogP contribution in [0.15, 0.2) is 24.5 Å². The van der Waals surface area contributed by atoms with Gasteiger partial charge in [0.05, 0.1) is 40.1 Å². The van der Waals surface area contributed by atoms with E-state index >= 15 is 0 Å². The van der Waals surface area contributed by atoms with E-state index in [9.17, 15) is 4.79 Å². The molecule has 202 valence electrons. The molecule has 0 aromatic carbocycles. The molecule has 0 radical (unpaired) electrons. The van der Waals surface area contributed by atoms with Crippen LogP contribution in [0, 0.1) is 11.8 Å². The van der Waals surface area contributed by atoms with Crippen LogP contribution in [0.1, 0.15) is 57.3 Å². The standard InChI is InChI=1S/C27H34ClN7O3/c1-16-5-7-17(8-6-16)14-35-24-21(31-26(35)34-9-3-4-20(34)15-37-2)11-22(25-32-27(36)38-33-25)30-23(24)18-10-19(28)13-29-12-18/h10-13,16-17,20,25,33H,3-9,14-15H2,1-2H3,(H,32,36)/t16?,17?,20-,25?/m0/s1. The van der Waals surface area contributed by atoms with Gasteiger partial charge in [0, 0.05) is 38.2 Å². The molecule has 0 bridgehead atoms. The molecule has 5 heterocycles. The fourth-order valence-electron chi connectivity index (χ4n) is 6.10. The Hall–Kier alpha value is -2.95. The van der Waals surface area contributed by atoms with Gasteiger partial charge in [0.2, 0.25) is 5.95 Å². The number of nitrogens with zero attached hydrogens (tertiary/aromatic N) is 5. The molecule has 1 saturated carbocycles. The molecular formula is C27H34ClN7O3. The van der Waals surface area contributed by atoms with E-state index in [2.05, 4.69) is 32.2 Å². The second-order valence-corrected chi connectivity index (χ2v) is 11.3. The van der Waals surface area contributed by atoms with Crippen molar-refractivity contribution >= 4 is 34.7 Å². The molecule has 2 atom stereocenters. The Labute approximate surface area is 227 Å². The summed E-state index contributed by atoms with van der Waals surface area (Å²) in [5, 5.41) is 3.29. The van der Waals surface area contributed by atoms with Crippen LogP contribution < -0.4 is 15.7 Å². The van der Waals surface area contributed by atoms with Crippen LogP contribution in [0.5, 0.6) is 0 Å². The monoisotopic (exact) mass is 539 g/mol. The van der Waals surface area contributed by atoms with Gasteiger partial charge in [-0.3, -0.25) is 10.3 Å². The van der Waals surface area contributed by atoms with Crippen molar-refractivity contribution in [1.29, 1.82) is 0 Å². The van der Waals surface area contributed by atoms with Gasteiger partial charge < -0.3 is 19.0 Å². The molecule has 2 saturated heterocycles. The van der Waals surface area contributed by atoms with E-state index in [1.54, 1.807) is 19.5 Å². The Morgan fingerprint density at radius 2 is 2.00 bits per heavy atom. The first-order valence-corrected chi connectivity index (χ1v) is 13.9. The maximum absolute atomic E-state index is 11.8. The summed E-state index contributed by atoms with van der Waals surface area (Å²) >= 11 is 6.38. The quantitative estimate of drug-likeness (QED) is 0.439. The van der Waals surface area contributed by atoms with Gasteiger partial charge in [-0.05, 0) is 49.7 Å². The molecule has 1 amide bonds. The largest absolute Gasteiger partial charge is 0.427 e. The maximum Gasteiger partial charge on any atom is 0.427 e. The lowest BCUT2D eigenvalue weighted by Crippen LogP contribution is -2.35. The first kappa shape index (κ1) is 25.3. The number of halogens is 1. The van der Waals surface area contributed by atoms with E-state index in [1.807, 2.05) is 12.1 Å². The van der Waals surface area contributed by atoms with Crippen molar-refractivity contribution in [1.82, 2.24) is 30.3 Å². The highest BCUT2D eigenvalue weighted by Gasteiger charge is 2.33. The van der Waals surface area contributed by atoms with Crippen molar-refractivity contribution in [3.8, 4) is 11.3 Å². The Bertz CT molecular complexity index is 1320. The summed E-state index contributed by atoms with van der Waals surface area (Å²) in [6.07, 6.45) is 9.35. The van der Waals surface area contributed by atoms with Gasteiger partial charge >= 0.3 is 6.09 Å². The minimum absolute atomic E-state index is 0.273. The van der Waals surface area contributed by atoms with E-state index in [4.69, 9.17) is 31.1 Å². The maximum atomic E-state index is 11.8. The second-order valence-electron chi connectivity index (χ2n) is 10.8. The smallest absolute Gasteiger partial charge is 0.383 e. The van der Waals surface area contributed by atoms with Gasteiger partial charge in [0.15, 0.2) is 6.17 Å². The van der Waals surface area contributed by atoms with E-state index < -0.39 is 12.3 Å². The summed E-state index contributed by atoms with van der Waals surface area (Å²) in [7, 11) is 1.76. The lowest BCUT2D eigenvalue weighted by molar-refractivity contribution is 0.121. The van der Waals surface area contributed by atoms with Crippen LogP contribution in [0.4, 0.5) is 10.7 Å². The van der Waals surface area contributed by atoms with E-state index in [-0.39, 0.29) is 6.04 Å². The average Bonchev–Trinajstić information content (AvgIpc) is 3.64. The topological polar surface area (TPSA) is 106 Å². The van der Waals surface area contributed by atoms with Crippen LogP contribution in [-0.2, 0) is 16.1 Å². The molecule has 2 aliphatic heterocycles. The third-order valence-corrected chi connectivity index (χ3v) is 8.31. The van der Waals surface area contributed by atoms with Crippen molar-refractivity contribution in [2.75, 3.05) is 25.2 Å². The minimum atomic E-state index is -0.584. The average molecular weight is 540 g/mol. The number of methoxy groups -OCH3 is 1. The zero-order valence-corrected chi connectivity index (χ0v) is 22.6. The van der Waals surface area contributed by atoms with Gasteiger partial charge in [-0.25, -0.2) is 14.8 Å². The Morgan fingerprint density at radius 1 is 1.16 bits per heavy atom. The number of pyridine rings is 2. The summed E-state index contributed by atoms with van der Waals surface area (Å²) in [4.78, 5) is 33.7. The van der Waals surface area contributed by atoms with E-state index in [1.165, 1.54) is 25.7 Å². The van der Waals surface area contributed by atoms with Gasteiger partial charge in [-0.2, -0.15) is 0 Å². The van der Waals surface area contributed by atoms with Gasteiger partial charge in [-0.1, -0.05) is 31.4 Å². The molecule has 38 heavy (non-hydrogen) atoms. The number of ether oxygens (including phenoxy) is 1. The lowest BCUT2D eigenvalue weighted by Gasteiger charge is -2.30. The third kappa shape index (κ3) is 4.92. The first-order chi connectivity index (χ1) is 18.5. The number of amides is 1. The van der Waals surface area contributed by atoms with Crippen molar-refractivity contribution in [3.63, 3.8) is 0 Å². The fraction of sp³-hybridized carbons (Fsp3) is 0.556. The Morgan fingerprint density at radius 3 is 2.74 bits per heavy atom. The number of hydrogen-bond acceptors (Lipinski definition) is 8. The molecule has 10 nitrogen and oxygen atoms in total. The lowest BCUT2D eigenvalue weighted by atomic mass is 9.83. The number of rotatable bonds is 7. The normalized spacial score (nSPS) is 25.7. The van der Waals surface area contributed by atoms with Crippen LogP contribution >= 0.6 is 11.6 Å². The van der Waals surface area contributed by atoms with Gasteiger partial charge in [0.1, 0.15) is 0 Å². The number of aromatic nitrogens is 4. The van der Waals surface area contributed by atoms with Crippen LogP contribution in [-0.4, -0.2) is 51.9 Å². The summed E-state index contributed by atoms with van der Waals surface area (Å²) in [5.74, 6) is 2.30.